The van der Waals surface area contributed by atoms with Gasteiger partial charge >= 0.3 is 11.9 Å². The van der Waals surface area contributed by atoms with Gasteiger partial charge in [-0.25, -0.2) is 0 Å². The molecule has 1 N–H and O–H groups in total. The molecule has 3 rings (SSSR count). The van der Waals surface area contributed by atoms with Crippen molar-refractivity contribution >= 4 is 24.6 Å². The van der Waals surface area contributed by atoms with Crippen LogP contribution in [0, 0.1) is 11.3 Å². The summed E-state index contributed by atoms with van der Waals surface area (Å²) in [4.78, 5) is 25.4. The Kier molecular flexibility index (Phi) is 9.15. The number of esters is 2. The van der Waals surface area contributed by atoms with Gasteiger partial charge in [-0.1, -0.05) is 63.1 Å². The molecule has 2 aromatic carbocycles. The molecule has 0 saturated heterocycles. The Balaban J connectivity index is 1.87. The van der Waals surface area contributed by atoms with Crippen LogP contribution in [0.2, 0.25) is 0 Å². The van der Waals surface area contributed by atoms with Crippen LogP contribution in [0.1, 0.15) is 46.0 Å². The minimum absolute atomic E-state index is 0.0289. The van der Waals surface area contributed by atoms with E-state index in [1.165, 1.54) is 7.11 Å². The predicted molar refractivity (Wildman–Crippen MR) is 135 cm³/mol. The van der Waals surface area contributed by atoms with E-state index in [1.54, 1.807) is 24.3 Å². The van der Waals surface area contributed by atoms with E-state index in [2.05, 4.69) is 6.92 Å². The lowest BCUT2D eigenvalue weighted by molar-refractivity contribution is -0.157. The van der Waals surface area contributed by atoms with E-state index < -0.39 is 30.6 Å². The number of fused-ring (bicyclic) bond motifs is 3. The molecular formula is C27H35O7P. The first kappa shape index (κ1) is 27.0. The van der Waals surface area contributed by atoms with Crippen LogP contribution in [0.4, 0.5) is 0 Å². The number of ether oxygens (including phenoxy) is 2. The average molecular weight is 503 g/mol. The van der Waals surface area contributed by atoms with Crippen LogP contribution < -0.4 is 9.83 Å². The monoisotopic (exact) mass is 502 g/mol. The molecule has 8 heteroatoms. The van der Waals surface area contributed by atoms with Crippen molar-refractivity contribution in [2.45, 2.75) is 46.0 Å². The quantitative estimate of drug-likeness (QED) is 0.324. The van der Waals surface area contributed by atoms with Crippen molar-refractivity contribution in [1.82, 2.24) is 0 Å². The highest BCUT2D eigenvalue weighted by Crippen LogP contribution is 2.55. The number of rotatable bonds is 12. The van der Waals surface area contributed by atoms with Crippen molar-refractivity contribution in [3.63, 3.8) is 0 Å². The molecule has 1 heterocycles. The number of unbranched alkanes of at least 4 members (excludes halogenated alkanes) is 1. The molecule has 0 fully saturated rings. The number of hydrogen-bond acceptors (Lipinski definition) is 7. The van der Waals surface area contributed by atoms with E-state index in [9.17, 15) is 19.3 Å². The summed E-state index contributed by atoms with van der Waals surface area (Å²) in [6.07, 6.45) is 2.75. The molecule has 0 aliphatic carbocycles. The average Bonchev–Trinajstić information content (AvgIpc) is 2.88. The zero-order valence-electron chi connectivity index (χ0n) is 20.7. The minimum atomic E-state index is -3.57. The number of methoxy groups -OCH3 is 1. The summed E-state index contributed by atoms with van der Waals surface area (Å²) in [6, 6.07) is 14.6. The van der Waals surface area contributed by atoms with Gasteiger partial charge in [-0.2, -0.15) is 0 Å². The van der Waals surface area contributed by atoms with Crippen LogP contribution >= 0.6 is 7.37 Å². The largest absolute Gasteiger partial charge is 0.469 e. The lowest BCUT2D eigenvalue weighted by Gasteiger charge is -2.32. The van der Waals surface area contributed by atoms with Gasteiger partial charge in [0.2, 0.25) is 0 Å². The van der Waals surface area contributed by atoms with E-state index in [0.717, 1.165) is 30.4 Å². The van der Waals surface area contributed by atoms with Crippen LogP contribution in [0.5, 0.6) is 5.75 Å². The Morgan fingerprint density at radius 3 is 2.43 bits per heavy atom. The fourth-order valence-electron chi connectivity index (χ4n) is 4.39. The number of carbonyl (C=O) groups is 2. The third-order valence-electron chi connectivity index (χ3n) is 6.80. The topological polar surface area (TPSA) is 99.1 Å². The van der Waals surface area contributed by atoms with Crippen molar-refractivity contribution < 1.29 is 33.3 Å². The fraction of sp³-hybridized carbons (Fsp3) is 0.481. The Bertz CT molecular complexity index is 1080. The van der Waals surface area contributed by atoms with Gasteiger partial charge in [0.15, 0.2) is 0 Å². The maximum atomic E-state index is 14.2. The molecule has 0 amide bonds. The number of hydrogen-bond donors (Lipinski definition) is 1. The fourth-order valence-corrected chi connectivity index (χ4v) is 6.97. The third-order valence-corrected chi connectivity index (χ3v) is 9.33. The minimum Gasteiger partial charge on any atom is -0.469 e. The van der Waals surface area contributed by atoms with Gasteiger partial charge in [0.05, 0.1) is 44.1 Å². The Morgan fingerprint density at radius 1 is 1.09 bits per heavy atom. The summed E-state index contributed by atoms with van der Waals surface area (Å²) < 4.78 is 30.7. The van der Waals surface area contributed by atoms with Gasteiger partial charge in [0.25, 0.3) is 7.37 Å². The van der Waals surface area contributed by atoms with E-state index in [1.807, 2.05) is 31.2 Å². The van der Waals surface area contributed by atoms with Crippen molar-refractivity contribution in [2.75, 3.05) is 26.5 Å². The number of benzene rings is 2. The number of aliphatic hydroxyl groups is 1. The highest BCUT2D eigenvalue weighted by atomic mass is 31.2. The maximum Gasteiger partial charge on any atom is 0.310 e. The zero-order chi connectivity index (χ0) is 25.5. The Morgan fingerprint density at radius 2 is 1.77 bits per heavy atom. The molecule has 1 aliphatic rings. The second kappa shape index (κ2) is 11.9. The SMILES string of the molecule is CCCCC(CC)(CO)COC(=O)C(CC(=O)OC)CP1(=O)Oc2ccccc2-c2ccccc21. The van der Waals surface area contributed by atoms with Crippen LogP contribution in [-0.2, 0) is 23.6 Å². The normalized spacial score (nSPS) is 18.9. The van der Waals surface area contributed by atoms with Crippen molar-refractivity contribution in [2.24, 2.45) is 11.3 Å². The lowest BCUT2D eigenvalue weighted by atomic mass is 9.82. The molecule has 1 aliphatic heterocycles. The molecule has 7 nitrogen and oxygen atoms in total. The first-order chi connectivity index (χ1) is 16.8. The summed E-state index contributed by atoms with van der Waals surface area (Å²) in [5.41, 5.74) is 1.07. The van der Waals surface area contributed by atoms with Gasteiger partial charge in [0.1, 0.15) is 5.75 Å². The summed E-state index contributed by atoms with van der Waals surface area (Å²) >= 11 is 0. The highest BCUT2D eigenvalue weighted by molar-refractivity contribution is 7.67. The molecule has 0 aromatic heterocycles. The zero-order valence-corrected chi connectivity index (χ0v) is 21.6. The standard InChI is InChI=1S/C27H35O7P/c1-4-6-15-27(5-2,18-28)19-33-26(30)20(16-25(29)32-3)17-35(31)24-14-10-8-12-22(24)21-11-7-9-13-23(21)34-35/h7-14,20,28H,4-6,15-19H2,1-3H3. The molecule has 2 aromatic rings. The second-order valence-corrected chi connectivity index (χ2v) is 11.5. The van der Waals surface area contributed by atoms with E-state index in [0.29, 0.717) is 17.5 Å². The smallest absolute Gasteiger partial charge is 0.310 e. The highest BCUT2D eigenvalue weighted by Gasteiger charge is 2.41. The molecule has 0 spiro atoms. The summed E-state index contributed by atoms with van der Waals surface area (Å²) in [5, 5.41) is 10.5. The van der Waals surface area contributed by atoms with Crippen molar-refractivity contribution in [3.8, 4) is 16.9 Å². The van der Waals surface area contributed by atoms with Crippen molar-refractivity contribution in [3.05, 3.63) is 48.5 Å². The van der Waals surface area contributed by atoms with Crippen LogP contribution in [0.3, 0.4) is 0 Å². The van der Waals surface area contributed by atoms with Crippen LogP contribution in [0.15, 0.2) is 48.5 Å². The summed E-state index contributed by atoms with van der Waals surface area (Å²) in [6.45, 7) is 3.94. The number of aliphatic hydroxyl groups excluding tert-OH is 1. The van der Waals surface area contributed by atoms with E-state index >= 15 is 0 Å². The van der Waals surface area contributed by atoms with Gasteiger partial charge in [-0.15, -0.1) is 0 Å². The van der Waals surface area contributed by atoms with E-state index in [4.69, 9.17) is 14.0 Å². The van der Waals surface area contributed by atoms with Gasteiger partial charge in [-0.3, -0.25) is 14.2 Å². The number of para-hydroxylation sites is 1. The molecular weight excluding hydrogens is 467 g/mol. The third kappa shape index (κ3) is 6.14. The van der Waals surface area contributed by atoms with Crippen LogP contribution in [0.25, 0.3) is 11.1 Å². The molecule has 3 atom stereocenters. The number of carbonyl (C=O) groups excluding carboxylic acids is 2. The predicted octanol–water partition coefficient (Wildman–Crippen LogP) is 4.95. The molecule has 35 heavy (non-hydrogen) atoms. The maximum absolute atomic E-state index is 14.2. The molecule has 0 radical (unpaired) electrons. The van der Waals surface area contributed by atoms with Gasteiger partial charge < -0.3 is 19.1 Å². The Labute approximate surface area is 207 Å². The molecule has 190 valence electrons. The summed E-state index contributed by atoms with van der Waals surface area (Å²) in [5.74, 6) is -1.79. The molecule has 0 saturated carbocycles. The summed E-state index contributed by atoms with van der Waals surface area (Å²) in [7, 11) is -2.32. The second-order valence-electron chi connectivity index (χ2n) is 9.16. The first-order valence-electron chi connectivity index (χ1n) is 12.1. The first-order valence-corrected chi connectivity index (χ1v) is 13.9. The molecule has 3 unspecified atom stereocenters. The van der Waals surface area contributed by atoms with Crippen LogP contribution in [-0.4, -0.2) is 43.5 Å². The lowest BCUT2D eigenvalue weighted by Crippen LogP contribution is -2.35. The van der Waals surface area contributed by atoms with Gasteiger partial charge in [0, 0.05) is 11.0 Å². The van der Waals surface area contributed by atoms with E-state index in [-0.39, 0.29) is 25.8 Å². The van der Waals surface area contributed by atoms with Crippen molar-refractivity contribution in [1.29, 1.82) is 0 Å². The Hall–Kier alpha value is -2.63. The molecule has 0 bridgehead atoms. The van der Waals surface area contributed by atoms with Gasteiger partial charge in [-0.05, 0) is 30.5 Å².